The first-order valence-corrected chi connectivity index (χ1v) is 6.29. The summed E-state index contributed by atoms with van der Waals surface area (Å²) in [4.78, 5) is 4.14. The highest BCUT2D eigenvalue weighted by molar-refractivity contribution is 5.52. The second-order valence-electron chi connectivity index (χ2n) is 4.34. The molecule has 1 unspecified atom stereocenters. The van der Waals surface area contributed by atoms with Crippen LogP contribution >= 0.6 is 0 Å². The molecule has 2 rings (SSSR count). The van der Waals surface area contributed by atoms with Gasteiger partial charge in [-0.2, -0.15) is 0 Å². The highest BCUT2D eigenvalue weighted by atomic mass is 16.5. The highest BCUT2D eigenvalue weighted by Crippen LogP contribution is 2.33. The van der Waals surface area contributed by atoms with Gasteiger partial charge in [-0.05, 0) is 30.8 Å². The Labute approximate surface area is 118 Å². The minimum atomic E-state index is -0.0523. The van der Waals surface area contributed by atoms with Crippen LogP contribution in [-0.4, -0.2) is 26.3 Å². The number of ether oxygens (including phenoxy) is 2. The number of anilines is 1. The van der Waals surface area contributed by atoms with Crippen molar-refractivity contribution in [1.29, 1.82) is 0 Å². The molecule has 106 valence electrons. The van der Waals surface area contributed by atoms with Crippen LogP contribution in [0.25, 0.3) is 0 Å². The summed E-state index contributed by atoms with van der Waals surface area (Å²) < 4.78 is 10.6. The van der Waals surface area contributed by atoms with Crippen LogP contribution in [0.3, 0.4) is 0 Å². The van der Waals surface area contributed by atoms with E-state index in [1.54, 1.807) is 32.7 Å². The zero-order chi connectivity index (χ0) is 14.5. The Hall–Kier alpha value is -2.27. The number of pyridine rings is 1. The molecular formula is C15H19N3O2. The lowest BCUT2D eigenvalue weighted by molar-refractivity contribution is 0.354. The summed E-state index contributed by atoms with van der Waals surface area (Å²) in [5.41, 5.74) is 8.69. The quantitative estimate of drug-likeness (QED) is 0.872. The monoisotopic (exact) mass is 273 g/mol. The van der Waals surface area contributed by atoms with E-state index in [-0.39, 0.29) is 6.04 Å². The second-order valence-corrected chi connectivity index (χ2v) is 4.34. The average molecular weight is 273 g/mol. The van der Waals surface area contributed by atoms with Gasteiger partial charge in [-0.25, -0.2) is 0 Å². The minimum Gasteiger partial charge on any atom is -0.493 e. The molecule has 1 aromatic carbocycles. The number of hydrogen-bond donors (Lipinski definition) is 2. The van der Waals surface area contributed by atoms with Gasteiger partial charge in [0.25, 0.3) is 0 Å². The Kier molecular flexibility index (Phi) is 4.42. The molecule has 0 spiro atoms. The zero-order valence-electron chi connectivity index (χ0n) is 11.9. The number of benzene rings is 1. The maximum Gasteiger partial charge on any atom is 0.161 e. The molecule has 3 N–H and O–H groups in total. The molecule has 0 aliphatic heterocycles. The molecule has 5 nitrogen and oxygen atoms in total. The molecule has 0 aliphatic carbocycles. The molecule has 0 saturated carbocycles. The Morgan fingerprint density at radius 1 is 1.15 bits per heavy atom. The van der Waals surface area contributed by atoms with Crippen LogP contribution < -0.4 is 20.5 Å². The maximum absolute atomic E-state index is 6.03. The molecule has 1 heterocycles. The fourth-order valence-corrected chi connectivity index (χ4v) is 2.19. The number of methoxy groups -OCH3 is 2. The highest BCUT2D eigenvalue weighted by Gasteiger charge is 2.17. The smallest absolute Gasteiger partial charge is 0.161 e. The first-order valence-electron chi connectivity index (χ1n) is 6.29. The van der Waals surface area contributed by atoms with E-state index >= 15 is 0 Å². The summed E-state index contributed by atoms with van der Waals surface area (Å²) in [6.45, 7) is 0. The molecular weight excluding hydrogens is 254 g/mol. The van der Waals surface area contributed by atoms with Crippen molar-refractivity contribution in [2.45, 2.75) is 6.04 Å². The first kappa shape index (κ1) is 14.1. The number of aromatic nitrogens is 1. The van der Waals surface area contributed by atoms with Gasteiger partial charge < -0.3 is 20.5 Å². The van der Waals surface area contributed by atoms with Crippen molar-refractivity contribution in [2.24, 2.45) is 0 Å². The van der Waals surface area contributed by atoms with Gasteiger partial charge in [-0.1, -0.05) is 6.07 Å². The van der Waals surface area contributed by atoms with Gasteiger partial charge >= 0.3 is 0 Å². The van der Waals surface area contributed by atoms with Gasteiger partial charge in [-0.3, -0.25) is 4.98 Å². The lowest BCUT2D eigenvalue weighted by Crippen LogP contribution is -2.19. The fraction of sp³-hybridized carbons (Fsp3) is 0.267. The number of nitrogen functional groups attached to an aromatic ring is 1. The van der Waals surface area contributed by atoms with Crippen LogP contribution in [0.15, 0.2) is 36.7 Å². The van der Waals surface area contributed by atoms with Crippen molar-refractivity contribution in [2.75, 3.05) is 27.0 Å². The molecule has 0 amide bonds. The molecule has 20 heavy (non-hydrogen) atoms. The first-order chi connectivity index (χ1) is 9.71. The van der Waals surface area contributed by atoms with Gasteiger partial charge in [0.1, 0.15) is 0 Å². The third-order valence-electron chi connectivity index (χ3n) is 3.23. The second kappa shape index (κ2) is 6.25. The predicted octanol–water partition coefficient (Wildman–Crippen LogP) is 1.99. The number of nitrogens with zero attached hydrogens (tertiary/aromatic N) is 1. The van der Waals surface area contributed by atoms with Crippen LogP contribution in [0, 0.1) is 0 Å². The lowest BCUT2D eigenvalue weighted by Gasteiger charge is -2.20. The number of nitrogens with one attached hydrogen (secondary N) is 1. The Balaban J connectivity index is 2.45. The molecule has 0 fully saturated rings. The van der Waals surface area contributed by atoms with Crippen molar-refractivity contribution in [3.8, 4) is 11.5 Å². The molecule has 1 aromatic heterocycles. The van der Waals surface area contributed by atoms with Crippen LogP contribution in [0.5, 0.6) is 11.5 Å². The van der Waals surface area contributed by atoms with E-state index < -0.39 is 0 Å². The molecule has 1 atom stereocenters. The number of hydrogen-bond acceptors (Lipinski definition) is 5. The van der Waals surface area contributed by atoms with E-state index in [9.17, 15) is 0 Å². The van der Waals surface area contributed by atoms with Gasteiger partial charge in [-0.15, -0.1) is 0 Å². The van der Waals surface area contributed by atoms with Crippen molar-refractivity contribution in [3.05, 3.63) is 47.8 Å². The summed E-state index contributed by atoms with van der Waals surface area (Å²) in [6.07, 6.45) is 3.45. The number of rotatable bonds is 5. The molecule has 0 aliphatic rings. The summed E-state index contributed by atoms with van der Waals surface area (Å²) in [7, 11) is 5.12. The van der Waals surface area contributed by atoms with E-state index in [2.05, 4.69) is 10.3 Å². The summed E-state index contributed by atoms with van der Waals surface area (Å²) in [5.74, 6) is 1.39. The fourth-order valence-electron chi connectivity index (χ4n) is 2.19. The van der Waals surface area contributed by atoms with Crippen molar-refractivity contribution in [1.82, 2.24) is 10.3 Å². The van der Waals surface area contributed by atoms with Crippen LogP contribution in [0.4, 0.5) is 5.69 Å². The molecule has 0 bridgehead atoms. The topological polar surface area (TPSA) is 69.4 Å². The van der Waals surface area contributed by atoms with E-state index in [1.807, 2.05) is 25.2 Å². The van der Waals surface area contributed by atoms with Gasteiger partial charge in [0, 0.05) is 23.6 Å². The Morgan fingerprint density at radius 2 is 1.90 bits per heavy atom. The molecule has 0 saturated heterocycles. The third kappa shape index (κ3) is 2.67. The lowest BCUT2D eigenvalue weighted by atomic mass is 9.98. The minimum absolute atomic E-state index is 0.0523. The van der Waals surface area contributed by atoms with Crippen LogP contribution in [-0.2, 0) is 0 Å². The normalized spacial score (nSPS) is 11.9. The molecule has 2 aromatic rings. The largest absolute Gasteiger partial charge is 0.493 e. The maximum atomic E-state index is 6.03. The van der Waals surface area contributed by atoms with Crippen LogP contribution in [0.1, 0.15) is 17.2 Å². The van der Waals surface area contributed by atoms with E-state index in [1.165, 1.54) is 0 Å². The van der Waals surface area contributed by atoms with Crippen molar-refractivity contribution >= 4 is 5.69 Å². The van der Waals surface area contributed by atoms with Crippen LogP contribution in [0.2, 0.25) is 0 Å². The Bertz CT molecular complexity index is 587. The van der Waals surface area contributed by atoms with E-state index in [0.29, 0.717) is 17.2 Å². The zero-order valence-corrected chi connectivity index (χ0v) is 11.9. The molecule has 5 heteroatoms. The predicted molar refractivity (Wildman–Crippen MR) is 79.1 cm³/mol. The average Bonchev–Trinajstić information content (AvgIpc) is 2.49. The third-order valence-corrected chi connectivity index (χ3v) is 3.23. The van der Waals surface area contributed by atoms with Gasteiger partial charge in [0.05, 0.1) is 20.3 Å². The standard InChI is InChI=1S/C15H19N3O2/c1-17-15(11-9-18-7-6-12(11)16)10-4-5-13(19-2)14(8-10)20-3/h4-9,15,17H,1-3H3,(H2,16,18). The SMILES string of the molecule is CNC(c1ccc(OC)c(OC)c1)c1cnccc1N. The van der Waals surface area contributed by atoms with Gasteiger partial charge in [0.15, 0.2) is 11.5 Å². The van der Waals surface area contributed by atoms with E-state index in [0.717, 1.165) is 11.1 Å². The van der Waals surface area contributed by atoms with Gasteiger partial charge in [0.2, 0.25) is 0 Å². The summed E-state index contributed by atoms with van der Waals surface area (Å²) in [5, 5.41) is 3.25. The van der Waals surface area contributed by atoms with Crippen molar-refractivity contribution in [3.63, 3.8) is 0 Å². The van der Waals surface area contributed by atoms with E-state index in [4.69, 9.17) is 15.2 Å². The Morgan fingerprint density at radius 3 is 2.50 bits per heavy atom. The summed E-state index contributed by atoms with van der Waals surface area (Å²) in [6, 6.07) is 7.54. The molecule has 0 radical (unpaired) electrons. The van der Waals surface area contributed by atoms with Crippen molar-refractivity contribution < 1.29 is 9.47 Å². The number of nitrogens with two attached hydrogens (primary N) is 1. The summed E-state index contributed by atoms with van der Waals surface area (Å²) >= 11 is 0.